The Balaban J connectivity index is 3.13. The maximum absolute atomic E-state index is 13.5. The largest absolute Gasteiger partial charge is 0.391 e. The standard InChI is InChI=1S/C41H81N5O6/c1-15-17-18-19-20-23-34(47)31(9)43-40(49)30(8)39(52-14)32-22-21-24-46(32)36(48)25-35(51-13)38(29(7)16-2)45(12)41(50)37(28(5)6)42-26-33(27(3)4)44(10)11/h17-20,27-39,41-42,47-48,50H,15-16,21-26H2,1-14H3,(H,43,49)/b18-17-,20-19-/t29-,30+,31+,32-,33+,34-,35+,36?,37-,38-,39+,41?/m0/s1. The molecule has 0 spiro atoms. The first-order valence-corrected chi connectivity index (χ1v) is 20.1. The monoisotopic (exact) mass is 740 g/mol. The molecule has 1 fully saturated rings. The third kappa shape index (κ3) is 14.7. The minimum Gasteiger partial charge on any atom is -0.391 e. The Morgan fingerprint density at radius 3 is 2.10 bits per heavy atom. The number of hydrogen-bond donors (Lipinski definition) is 5. The fourth-order valence-electron chi connectivity index (χ4n) is 7.92. The summed E-state index contributed by atoms with van der Waals surface area (Å²) in [4.78, 5) is 19.8. The van der Waals surface area contributed by atoms with Gasteiger partial charge in [-0.2, -0.15) is 0 Å². The summed E-state index contributed by atoms with van der Waals surface area (Å²) in [6, 6.07) is -0.593. The number of nitrogens with zero attached hydrogens (tertiary/aromatic N) is 3. The highest BCUT2D eigenvalue weighted by molar-refractivity contribution is 5.79. The van der Waals surface area contributed by atoms with Gasteiger partial charge in [0.2, 0.25) is 5.91 Å². The van der Waals surface area contributed by atoms with Crippen LogP contribution < -0.4 is 10.6 Å². The molecule has 0 aliphatic carbocycles. The van der Waals surface area contributed by atoms with Crippen LogP contribution in [0.3, 0.4) is 0 Å². The minimum absolute atomic E-state index is 0.160. The average molecular weight is 740 g/mol. The predicted octanol–water partition coefficient (Wildman–Crippen LogP) is 4.47. The second kappa shape index (κ2) is 24.9. The van der Waals surface area contributed by atoms with Gasteiger partial charge in [-0.1, -0.05) is 86.1 Å². The Hall–Kier alpha value is -1.41. The van der Waals surface area contributed by atoms with E-state index < -0.39 is 36.6 Å². The van der Waals surface area contributed by atoms with Crippen molar-refractivity contribution < 1.29 is 29.6 Å². The number of ether oxygens (including phenoxy) is 2. The van der Waals surface area contributed by atoms with Crippen molar-refractivity contribution in [3.8, 4) is 0 Å². The first-order valence-electron chi connectivity index (χ1n) is 20.1. The van der Waals surface area contributed by atoms with E-state index in [1.165, 1.54) is 0 Å². The molecule has 11 heteroatoms. The normalized spacial score (nSPS) is 22.6. The van der Waals surface area contributed by atoms with E-state index in [1.807, 2.05) is 50.1 Å². The van der Waals surface area contributed by atoms with Gasteiger partial charge in [-0.25, -0.2) is 0 Å². The van der Waals surface area contributed by atoms with Crippen LogP contribution in [0.1, 0.15) is 101 Å². The van der Waals surface area contributed by atoms with E-state index in [4.69, 9.17) is 9.47 Å². The summed E-state index contributed by atoms with van der Waals surface area (Å²) in [5, 5.41) is 41.1. The Labute approximate surface area is 318 Å². The Bertz CT molecular complexity index is 1020. The molecule has 1 amide bonds. The van der Waals surface area contributed by atoms with E-state index in [1.54, 1.807) is 14.2 Å². The summed E-state index contributed by atoms with van der Waals surface area (Å²) in [7, 11) is 9.48. The number of aliphatic hydroxyl groups is 3. The first-order chi connectivity index (χ1) is 24.5. The van der Waals surface area contributed by atoms with Gasteiger partial charge in [-0.05, 0) is 71.5 Å². The van der Waals surface area contributed by atoms with Gasteiger partial charge in [0, 0.05) is 57.9 Å². The van der Waals surface area contributed by atoms with Gasteiger partial charge in [0.1, 0.15) is 12.5 Å². The molecule has 0 aromatic heterocycles. The van der Waals surface area contributed by atoms with Gasteiger partial charge in [0.25, 0.3) is 0 Å². The summed E-state index contributed by atoms with van der Waals surface area (Å²) in [6.07, 6.45) is 8.99. The van der Waals surface area contributed by atoms with Crippen molar-refractivity contribution in [2.45, 2.75) is 162 Å². The third-order valence-electron chi connectivity index (χ3n) is 11.5. The number of hydrogen-bond acceptors (Lipinski definition) is 10. The van der Waals surface area contributed by atoms with Crippen LogP contribution in [0.15, 0.2) is 24.3 Å². The number of amides is 1. The van der Waals surface area contributed by atoms with Crippen LogP contribution in [-0.4, -0.2) is 145 Å². The fourth-order valence-corrected chi connectivity index (χ4v) is 7.92. The minimum atomic E-state index is -0.831. The number of methoxy groups -OCH3 is 2. The molecule has 306 valence electrons. The molecule has 1 aliphatic heterocycles. The van der Waals surface area contributed by atoms with E-state index in [9.17, 15) is 20.1 Å². The van der Waals surface area contributed by atoms with Gasteiger partial charge < -0.3 is 40.3 Å². The molecule has 0 radical (unpaired) electrons. The molecule has 0 saturated carbocycles. The van der Waals surface area contributed by atoms with E-state index in [-0.39, 0.29) is 42.0 Å². The molecule has 5 N–H and O–H groups in total. The van der Waals surface area contributed by atoms with Crippen molar-refractivity contribution in [2.24, 2.45) is 23.7 Å². The Morgan fingerprint density at radius 2 is 1.58 bits per heavy atom. The second-order valence-electron chi connectivity index (χ2n) is 16.2. The zero-order chi connectivity index (χ0) is 39.7. The lowest BCUT2D eigenvalue weighted by molar-refractivity contribution is -0.138. The van der Waals surface area contributed by atoms with Crippen LogP contribution in [0.4, 0.5) is 0 Å². The number of nitrogens with one attached hydrogen (secondary N) is 2. The van der Waals surface area contributed by atoms with Gasteiger partial charge in [0.05, 0.1) is 30.3 Å². The number of carbonyl (C=O) groups is 1. The van der Waals surface area contributed by atoms with E-state index in [0.717, 1.165) is 32.2 Å². The first kappa shape index (κ1) is 48.6. The van der Waals surface area contributed by atoms with Gasteiger partial charge in [0.15, 0.2) is 0 Å². The molecule has 52 heavy (non-hydrogen) atoms. The smallest absolute Gasteiger partial charge is 0.225 e. The summed E-state index contributed by atoms with van der Waals surface area (Å²) in [5.41, 5.74) is 0. The number of rotatable bonds is 26. The van der Waals surface area contributed by atoms with Crippen molar-refractivity contribution in [1.82, 2.24) is 25.3 Å². The molecular weight excluding hydrogens is 658 g/mol. The van der Waals surface area contributed by atoms with Crippen LogP contribution in [0, 0.1) is 23.7 Å². The maximum atomic E-state index is 13.5. The zero-order valence-electron chi connectivity index (χ0n) is 35.5. The van der Waals surface area contributed by atoms with E-state index >= 15 is 0 Å². The molecule has 12 atom stereocenters. The maximum Gasteiger partial charge on any atom is 0.225 e. The molecule has 1 saturated heterocycles. The fraction of sp³-hybridized carbons (Fsp3) is 0.878. The molecule has 1 heterocycles. The lowest BCUT2D eigenvalue weighted by atomic mass is 9.89. The lowest BCUT2D eigenvalue weighted by Crippen LogP contribution is -2.60. The lowest BCUT2D eigenvalue weighted by Gasteiger charge is -2.45. The summed E-state index contributed by atoms with van der Waals surface area (Å²) in [5.74, 6) is 0.138. The molecule has 1 aliphatic rings. The van der Waals surface area contributed by atoms with Gasteiger partial charge in [-0.15, -0.1) is 0 Å². The highest BCUT2D eigenvalue weighted by atomic mass is 16.5. The SMILES string of the molecule is CC/C=C\C=C/C[C@H](O)[C@@H](C)NC(=O)[C@H](C)[C@@H](OC)[C@@H]1CCCN1C(O)C[C@@H](OC)[C@H]([C@@H](C)CC)N(C)C(O)[C@@H](NC[C@H](C(C)C)N(C)C)C(C)C. The average Bonchev–Trinajstić information content (AvgIpc) is 3.58. The Kier molecular flexibility index (Phi) is 23.3. The molecular formula is C41H81N5O6. The van der Waals surface area contributed by atoms with Crippen LogP contribution in [-0.2, 0) is 14.3 Å². The molecule has 11 nitrogen and oxygen atoms in total. The zero-order valence-corrected chi connectivity index (χ0v) is 35.5. The number of likely N-dealkylation sites (tertiary alicyclic amines) is 1. The van der Waals surface area contributed by atoms with Crippen molar-refractivity contribution in [3.05, 3.63) is 24.3 Å². The number of allylic oxidation sites excluding steroid dienone is 3. The molecule has 0 bridgehead atoms. The highest BCUT2D eigenvalue weighted by Gasteiger charge is 2.43. The highest BCUT2D eigenvalue weighted by Crippen LogP contribution is 2.31. The molecule has 0 aromatic rings. The molecule has 1 rings (SSSR count). The number of likely N-dealkylation sites (N-methyl/N-ethyl adjacent to an activating group) is 2. The van der Waals surface area contributed by atoms with Crippen LogP contribution in [0.5, 0.6) is 0 Å². The second-order valence-corrected chi connectivity index (χ2v) is 16.2. The topological polar surface area (TPSA) is 130 Å². The van der Waals surface area contributed by atoms with Gasteiger partial charge in [-0.3, -0.25) is 14.6 Å². The third-order valence-corrected chi connectivity index (χ3v) is 11.5. The Morgan fingerprint density at radius 1 is 0.942 bits per heavy atom. The summed E-state index contributed by atoms with van der Waals surface area (Å²) in [6.45, 7) is 20.2. The van der Waals surface area contributed by atoms with Crippen molar-refractivity contribution in [2.75, 3.05) is 48.5 Å². The number of aliphatic hydroxyl groups excluding tert-OH is 3. The quantitative estimate of drug-likeness (QED) is 0.0641. The number of carbonyl (C=O) groups excluding carboxylic acids is 1. The predicted molar refractivity (Wildman–Crippen MR) is 214 cm³/mol. The van der Waals surface area contributed by atoms with Crippen molar-refractivity contribution in [3.63, 3.8) is 0 Å². The molecule has 2 unspecified atom stereocenters. The van der Waals surface area contributed by atoms with E-state index in [2.05, 4.69) is 83.0 Å². The van der Waals surface area contributed by atoms with Gasteiger partial charge >= 0.3 is 0 Å². The van der Waals surface area contributed by atoms with Crippen molar-refractivity contribution in [1.29, 1.82) is 0 Å². The van der Waals surface area contributed by atoms with E-state index in [0.29, 0.717) is 31.3 Å². The van der Waals surface area contributed by atoms with Crippen LogP contribution >= 0.6 is 0 Å². The van der Waals surface area contributed by atoms with Crippen LogP contribution in [0.2, 0.25) is 0 Å². The summed E-state index contributed by atoms with van der Waals surface area (Å²) >= 11 is 0. The molecule has 0 aromatic carbocycles. The summed E-state index contributed by atoms with van der Waals surface area (Å²) < 4.78 is 12.2. The van der Waals surface area contributed by atoms with Crippen LogP contribution in [0.25, 0.3) is 0 Å². The van der Waals surface area contributed by atoms with Crippen molar-refractivity contribution >= 4 is 5.91 Å².